The Kier molecular flexibility index (Phi) is 8.01. The first kappa shape index (κ1) is 26.6. The highest BCUT2D eigenvalue weighted by Crippen LogP contribution is 2.41. The maximum Gasteiger partial charge on any atom is 0.407 e. The Morgan fingerprint density at radius 1 is 1.16 bits per heavy atom. The number of alkyl carbamates (subject to hydrolysis) is 1. The lowest BCUT2D eigenvalue weighted by atomic mass is 9.86. The molecule has 12 heteroatoms. The van der Waals surface area contributed by atoms with Gasteiger partial charge in [-0.15, -0.1) is 11.3 Å². The molecule has 1 aliphatic carbocycles. The normalized spacial score (nSPS) is 20.5. The van der Waals surface area contributed by atoms with Crippen molar-refractivity contribution < 1.29 is 22.4 Å². The van der Waals surface area contributed by atoms with Gasteiger partial charge in [0.05, 0.1) is 27.1 Å². The summed E-state index contributed by atoms with van der Waals surface area (Å²) < 4.78 is 39.4. The standard InChI is InChI=1S/C26H33N5O5S2/c1-17(2)36-26(32)30-19-7-5-18(6-8-19)24-28-16-22(37-24)21-10-9-20(29-25-27-11-14-35-25)15-23(21)38(33,34)31-12-3-4-13-31/h9-11,14-19H,3-8,12-13H2,1-2H3,(H,27,29)(H,30,32)/t18-,19-. The molecule has 0 unspecified atom stereocenters. The second kappa shape index (κ2) is 11.4. The molecular weight excluding hydrogens is 526 g/mol. The van der Waals surface area contributed by atoms with E-state index < -0.39 is 10.0 Å². The van der Waals surface area contributed by atoms with E-state index in [1.54, 1.807) is 27.9 Å². The van der Waals surface area contributed by atoms with Crippen molar-refractivity contribution in [2.75, 3.05) is 18.4 Å². The van der Waals surface area contributed by atoms with E-state index in [9.17, 15) is 13.2 Å². The van der Waals surface area contributed by atoms with Crippen LogP contribution in [0.4, 0.5) is 16.5 Å². The molecule has 0 spiro atoms. The Labute approximate surface area is 226 Å². The van der Waals surface area contributed by atoms with Crippen LogP contribution in [0, 0.1) is 0 Å². The van der Waals surface area contributed by atoms with Gasteiger partial charge in [0, 0.05) is 42.5 Å². The predicted octanol–water partition coefficient (Wildman–Crippen LogP) is 5.49. The monoisotopic (exact) mass is 559 g/mol. The van der Waals surface area contributed by atoms with Gasteiger partial charge in [0.1, 0.15) is 6.26 Å². The third-order valence-electron chi connectivity index (χ3n) is 6.88. The summed E-state index contributed by atoms with van der Waals surface area (Å²) in [5.41, 5.74) is 1.23. The molecule has 1 saturated heterocycles. The summed E-state index contributed by atoms with van der Waals surface area (Å²) in [6.07, 6.45) is 9.47. The third kappa shape index (κ3) is 6.02. The highest BCUT2D eigenvalue weighted by Gasteiger charge is 2.31. The summed E-state index contributed by atoms with van der Waals surface area (Å²) in [5, 5.41) is 6.99. The molecule has 10 nitrogen and oxygen atoms in total. The number of hydrogen-bond acceptors (Lipinski definition) is 9. The van der Waals surface area contributed by atoms with E-state index >= 15 is 0 Å². The summed E-state index contributed by atoms with van der Waals surface area (Å²) in [5.74, 6) is 0.275. The van der Waals surface area contributed by atoms with E-state index in [1.165, 1.54) is 12.5 Å². The van der Waals surface area contributed by atoms with Crippen molar-refractivity contribution >= 4 is 39.2 Å². The number of ether oxygens (including phenoxy) is 1. The zero-order valence-corrected chi connectivity index (χ0v) is 23.2. The Morgan fingerprint density at radius 3 is 2.61 bits per heavy atom. The number of carbonyl (C=O) groups is 1. The van der Waals surface area contributed by atoms with Crippen molar-refractivity contribution in [2.24, 2.45) is 0 Å². The minimum Gasteiger partial charge on any atom is -0.447 e. The fourth-order valence-corrected chi connectivity index (χ4v) is 7.93. The lowest BCUT2D eigenvalue weighted by Crippen LogP contribution is -2.38. The molecular formula is C26H33N5O5S2. The summed E-state index contributed by atoms with van der Waals surface area (Å²) in [6, 6.07) is 5.70. The lowest BCUT2D eigenvalue weighted by Gasteiger charge is -2.28. The van der Waals surface area contributed by atoms with Crippen LogP contribution in [0.15, 0.2) is 46.2 Å². The number of anilines is 2. The number of aromatic nitrogens is 2. The van der Waals surface area contributed by atoms with Crippen LogP contribution < -0.4 is 10.6 Å². The SMILES string of the molecule is CC(C)OC(=O)N[C@H]1CC[C@H](c2ncc(-c3ccc(Nc4ncco4)cc3S(=O)(=O)N3CCCC3)s2)CC1. The number of benzene rings is 1. The fraction of sp³-hybridized carbons (Fsp3) is 0.500. The Balaban J connectivity index is 1.35. The van der Waals surface area contributed by atoms with E-state index in [-0.39, 0.29) is 29.1 Å². The van der Waals surface area contributed by atoms with Crippen molar-refractivity contribution in [2.45, 2.75) is 75.3 Å². The fourth-order valence-electron chi connectivity index (χ4n) is 4.99. The maximum atomic E-state index is 13.7. The number of nitrogens with one attached hydrogen (secondary N) is 2. The molecule has 38 heavy (non-hydrogen) atoms. The third-order valence-corrected chi connectivity index (χ3v) is 10.0. The summed E-state index contributed by atoms with van der Waals surface area (Å²) in [4.78, 5) is 21.8. The zero-order chi connectivity index (χ0) is 26.7. The highest BCUT2D eigenvalue weighted by atomic mass is 32.2. The molecule has 2 aliphatic rings. The number of sulfonamides is 1. The van der Waals surface area contributed by atoms with Crippen LogP contribution in [-0.4, -0.2) is 54.0 Å². The average Bonchev–Trinajstić information content (AvgIpc) is 3.67. The van der Waals surface area contributed by atoms with Crippen LogP contribution in [0.25, 0.3) is 10.4 Å². The van der Waals surface area contributed by atoms with E-state index in [1.807, 2.05) is 26.0 Å². The van der Waals surface area contributed by atoms with E-state index in [0.717, 1.165) is 48.4 Å². The number of carbonyl (C=O) groups excluding carboxylic acids is 1. The van der Waals surface area contributed by atoms with Crippen molar-refractivity contribution in [3.05, 3.63) is 41.9 Å². The summed E-state index contributed by atoms with van der Waals surface area (Å²) in [7, 11) is -3.69. The second-order valence-corrected chi connectivity index (χ2v) is 13.0. The Bertz CT molecular complexity index is 1340. The molecule has 0 bridgehead atoms. The first-order valence-corrected chi connectivity index (χ1v) is 15.3. The van der Waals surface area contributed by atoms with E-state index in [0.29, 0.717) is 30.4 Å². The first-order chi connectivity index (χ1) is 18.3. The van der Waals surface area contributed by atoms with Crippen molar-refractivity contribution in [3.8, 4) is 10.4 Å². The number of amides is 1. The van der Waals surface area contributed by atoms with Gasteiger partial charge in [0.15, 0.2) is 0 Å². The first-order valence-electron chi connectivity index (χ1n) is 13.0. The molecule has 3 heterocycles. The van der Waals surface area contributed by atoms with Crippen LogP contribution >= 0.6 is 11.3 Å². The average molecular weight is 560 g/mol. The molecule has 0 atom stereocenters. The quantitative estimate of drug-likeness (QED) is 0.371. The smallest absolute Gasteiger partial charge is 0.407 e. The second-order valence-electron chi connectivity index (χ2n) is 9.99. The van der Waals surface area contributed by atoms with Crippen molar-refractivity contribution in [1.82, 2.24) is 19.6 Å². The minimum absolute atomic E-state index is 0.0952. The Hall–Kier alpha value is -2.96. The number of oxazole rings is 1. The molecule has 2 N–H and O–H groups in total. The van der Waals surface area contributed by atoms with Gasteiger partial charge in [0.25, 0.3) is 6.01 Å². The van der Waals surface area contributed by atoms with Gasteiger partial charge in [-0.25, -0.2) is 23.2 Å². The van der Waals surface area contributed by atoms with Crippen LogP contribution in [-0.2, 0) is 14.8 Å². The Morgan fingerprint density at radius 2 is 1.92 bits per heavy atom. The van der Waals surface area contributed by atoms with Gasteiger partial charge >= 0.3 is 6.09 Å². The van der Waals surface area contributed by atoms with Gasteiger partial charge < -0.3 is 19.8 Å². The molecule has 3 aromatic rings. The van der Waals surface area contributed by atoms with E-state index in [2.05, 4.69) is 15.6 Å². The molecule has 1 aliphatic heterocycles. The van der Waals surface area contributed by atoms with Crippen LogP contribution in [0.1, 0.15) is 63.3 Å². The number of rotatable bonds is 8. The van der Waals surface area contributed by atoms with Crippen LogP contribution in [0.3, 0.4) is 0 Å². The number of thiazole rings is 1. The van der Waals surface area contributed by atoms with Crippen molar-refractivity contribution in [3.63, 3.8) is 0 Å². The van der Waals surface area contributed by atoms with Crippen LogP contribution in [0.5, 0.6) is 0 Å². The van der Waals surface area contributed by atoms with Gasteiger partial charge in [-0.3, -0.25) is 0 Å². The van der Waals surface area contributed by atoms with E-state index in [4.69, 9.17) is 14.1 Å². The van der Waals surface area contributed by atoms with Gasteiger partial charge in [-0.05, 0) is 64.5 Å². The largest absolute Gasteiger partial charge is 0.447 e. The number of nitrogens with zero attached hydrogens (tertiary/aromatic N) is 3. The van der Waals surface area contributed by atoms with Gasteiger partial charge in [-0.1, -0.05) is 6.07 Å². The molecule has 2 aromatic heterocycles. The molecule has 1 amide bonds. The van der Waals surface area contributed by atoms with Gasteiger partial charge in [0.2, 0.25) is 10.0 Å². The lowest BCUT2D eigenvalue weighted by molar-refractivity contribution is 0.109. The number of hydrogen-bond donors (Lipinski definition) is 2. The molecule has 1 saturated carbocycles. The zero-order valence-electron chi connectivity index (χ0n) is 21.6. The topological polar surface area (TPSA) is 127 Å². The van der Waals surface area contributed by atoms with Gasteiger partial charge in [-0.2, -0.15) is 4.31 Å². The highest BCUT2D eigenvalue weighted by molar-refractivity contribution is 7.89. The molecule has 0 radical (unpaired) electrons. The summed E-state index contributed by atoms with van der Waals surface area (Å²) in [6.45, 7) is 4.71. The summed E-state index contributed by atoms with van der Waals surface area (Å²) >= 11 is 1.54. The minimum atomic E-state index is -3.69. The maximum absolute atomic E-state index is 13.7. The molecule has 1 aromatic carbocycles. The van der Waals surface area contributed by atoms with Crippen LogP contribution in [0.2, 0.25) is 0 Å². The predicted molar refractivity (Wildman–Crippen MR) is 145 cm³/mol. The molecule has 2 fully saturated rings. The molecule has 5 rings (SSSR count). The molecule has 204 valence electrons. The van der Waals surface area contributed by atoms with Crippen molar-refractivity contribution in [1.29, 1.82) is 0 Å².